The summed E-state index contributed by atoms with van der Waals surface area (Å²) in [5, 5.41) is 2.87. The lowest BCUT2D eigenvalue weighted by Crippen LogP contribution is -2.04. The maximum absolute atomic E-state index is 12.2. The molecule has 4 nitrogen and oxygen atoms in total. The minimum Gasteiger partial charge on any atom is -0.264 e. The van der Waals surface area contributed by atoms with E-state index in [-0.39, 0.29) is 0 Å². The Balaban J connectivity index is 3.27. The average molecular weight is 188 g/mol. The van der Waals surface area contributed by atoms with E-state index in [1.807, 2.05) is 0 Å². The van der Waals surface area contributed by atoms with E-state index in [2.05, 4.69) is 15.0 Å². The molecule has 0 N–H and O–H groups in total. The van der Waals surface area contributed by atoms with E-state index >= 15 is 0 Å². The van der Waals surface area contributed by atoms with E-state index in [1.54, 1.807) is 0 Å². The first-order valence-electron chi connectivity index (χ1n) is 3.12. The zero-order chi connectivity index (χ0) is 9.90. The number of pyridine rings is 1. The molecule has 0 spiro atoms. The van der Waals surface area contributed by atoms with Gasteiger partial charge in [-0.2, -0.15) is 13.2 Å². The molecule has 68 valence electrons. The molecule has 1 aromatic heterocycles. The van der Waals surface area contributed by atoms with Crippen LogP contribution in [-0.4, -0.2) is 4.98 Å². The van der Waals surface area contributed by atoms with Crippen LogP contribution in [0.15, 0.2) is 23.6 Å². The van der Waals surface area contributed by atoms with Crippen molar-refractivity contribution in [3.8, 4) is 0 Å². The molecule has 13 heavy (non-hydrogen) atoms. The van der Waals surface area contributed by atoms with Gasteiger partial charge in [0.05, 0.1) is 11.3 Å². The van der Waals surface area contributed by atoms with Gasteiger partial charge in [0, 0.05) is 17.3 Å². The monoisotopic (exact) mass is 188 g/mol. The molecule has 0 aliphatic carbocycles. The highest BCUT2D eigenvalue weighted by atomic mass is 19.4. The molecule has 0 saturated heterocycles. The summed E-state index contributed by atoms with van der Waals surface area (Å²) in [6, 6.07) is 0.754. The van der Waals surface area contributed by atoms with Gasteiger partial charge in [-0.3, -0.25) is 4.98 Å². The summed E-state index contributed by atoms with van der Waals surface area (Å²) in [4.78, 5) is 5.68. The maximum atomic E-state index is 12.2. The molecule has 1 rings (SSSR count). The van der Waals surface area contributed by atoms with E-state index < -0.39 is 17.4 Å². The Bertz CT molecular complexity index is 353. The molecule has 0 saturated carbocycles. The van der Waals surface area contributed by atoms with Crippen molar-refractivity contribution in [2.75, 3.05) is 0 Å². The molecule has 0 aliphatic rings. The van der Waals surface area contributed by atoms with E-state index in [9.17, 15) is 13.2 Å². The van der Waals surface area contributed by atoms with Gasteiger partial charge < -0.3 is 0 Å². The second-order valence-electron chi connectivity index (χ2n) is 2.08. The first-order valence-corrected chi connectivity index (χ1v) is 3.12. The van der Waals surface area contributed by atoms with Gasteiger partial charge in [-0.05, 0) is 11.6 Å². The standard InChI is InChI=1S/C6H3F3N4/c7-6(8,9)4-1-2-11-3-5(4)12-13-10/h1-3H. The number of nitrogens with zero attached hydrogens (tertiary/aromatic N) is 4. The fourth-order valence-electron chi connectivity index (χ4n) is 0.754. The number of azide groups is 1. The summed E-state index contributed by atoms with van der Waals surface area (Å²) in [5.74, 6) is 0. The molecule has 7 heteroatoms. The second-order valence-corrected chi connectivity index (χ2v) is 2.08. The van der Waals surface area contributed by atoms with Gasteiger partial charge in [0.2, 0.25) is 0 Å². The Labute approximate surface area is 70.6 Å². The fraction of sp³-hybridized carbons (Fsp3) is 0.167. The number of hydrogen-bond acceptors (Lipinski definition) is 2. The average Bonchev–Trinajstić information content (AvgIpc) is 2.04. The lowest BCUT2D eigenvalue weighted by Gasteiger charge is -2.07. The van der Waals surface area contributed by atoms with Crippen LogP contribution in [0.3, 0.4) is 0 Å². The molecule has 0 aliphatic heterocycles. The van der Waals surface area contributed by atoms with Gasteiger partial charge >= 0.3 is 6.18 Å². The van der Waals surface area contributed by atoms with Crippen molar-refractivity contribution >= 4 is 5.69 Å². The van der Waals surface area contributed by atoms with Crippen molar-refractivity contribution in [2.45, 2.75) is 6.18 Å². The van der Waals surface area contributed by atoms with Gasteiger partial charge in [0.25, 0.3) is 0 Å². The molecular formula is C6H3F3N4. The minimum absolute atomic E-state index is 0.516. The summed E-state index contributed by atoms with van der Waals surface area (Å²) in [7, 11) is 0. The predicted octanol–water partition coefficient (Wildman–Crippen LogP) is 3.04. The van der Waals surface area contributed by atoms with Crippen molar-refractivity contribution < 1.29 is 13.2 Å². The summed E-state index contributed by atoms with van der Waals surface area (Å²) in [5.41, 5.74) is 6.47. The molecule has 1 heterocycles. The number of hydrogen-bond donors (Lipinski definition) is 0. The molecule has 0 bridgehead atoms. The van der Waals surface area contributed by atoms with E-state index in [1.165, 1.54) is 0 Å². The number of alkyl halides is 3. The number of halogens is 3. The summed E-state index contributed by atoms with van der Waals surface area (Å²) in [6.45, 7) is 0. The maximum Gasteiger partial charge on any atom is 0.416 e. The van der Waals surface area contributed by atoms with Crippen LogP contribution >= 0.6 is 0 Å². The number of rotatable bonds is 1. The summed E-state index contributed by atoms with van der Waals surface area (Å²) < 4.78 is 36.5. The Hall–Kier alpha value is -1.75. The topological polar surface area (TPSA) is 61.7 Å². The van der Waals surface area contributed by atoms with Crippen LogP contribution in [-0.2, 0) is 6.18 Å². The van der Waals surface area contributed by atoms with Gasteiger partial charge in [-0.1, -0.05) is 5.11 Å². The van der Waals surface area contributed by atoms with Crippen LogP contribution in [0.4, 0.5) is 18.9 Å². The van der Waals surface area contributed by atoms with Gasteiger partial charge in [-0.25, -0.2) is 0 Å². The van der Waals surface area contributed by atoms with Crippen molar-refractivity contribution in [1.82, 2.24) is 4.98 Å². The largest absolute Gasteiger partial charge is 0.416 e. The first-order chi connectivity index (χ1) is 6.05. The normalized spacial score (nSPS) is 10.7. The molecule has 0 atom stereocenters. The Kier molecular flexibility index (Phi) is 2.39. The molecule has 0 aromatic carbocycles. The van der Waals surface area contributed by atoms with Crippen LogP contribution in [0.2, 0.25) is 0 Å². The van der Waals surface area contributed by atoms with Gasteiger partial charge in [0.15, 0.2) is 0 Å². The third-order valence-corrected chi connectivity index (χ3v) is 1.26. The van der Waals surface area contributed by atoms with Crippen LogP contribution in [0.1, 0.15) is 5.56 Å². The molecule has 0 amide bonds. The van der Waals surface area contributed by atoms with Crippen molar-refractivity contribution in [2.24, 2.45) is 5.11 Å². The van der Waals surface area contributed by atoms with E-state index in [0.29, 0.717) is 0 Å². The van der Waals surface area contributed by atoms with Crippen LogP contribution in [0.5, 0.6) is 0 Å². The van der Waals surface area contributed by atoms with Crippen molar-refractivity contribution in [1.29, 1.82) is 0 Å². The lowest BCUT2D eigenvalue weighted by molar-refractivity contribution is -0.137. The molecule has 0 unspecified atom stereocenters. The predicted molar refractivity (Wildman–Crippen MR) is 38.0 cm³/mol. The minimum atomic E-state index is -4.52. The van der Waals surface area contributed by atoms with Crippen LogP contribution in [0, 0.1) is 0 Å². The highest BCUT2D eigenvalue weighted by molar-refractivity contribution is 5.44. The van der Waals surface area contributed by atoms with Gasteiger partial charge in [-0.15, -0.1) is 0 Å². The van der Waals surface area contributed by atoms with Crippen LogP contribution < -0.4 is 0 Å². The Morgan fingerprint density at radius 1 is 1.46 bits per heavy atom. The summed E-state index contributed by atoms with van der Waals surface area (Å²) in [6.07, 6.45) is -2.67. The molecule has 0 fully saturated rings. The highest BCUT2D eigenvalue weighted by Gasteiger charge is 2.32. The van der Waals surface area contributed by atoms with E-state index in [4.69, 9.17) is 5.53 Å². The third-order valence-electron chi connectivity index (χ3n) is 1.26. The highest BCUT2D eigenvalue weighted by Crippen LogP contribution is 2.35. The lowest BCUT2D eigenvalue weighted by atomic mass is 10.2. The van der Waals surface area contributed by atoms with Crippen molar-refractivity contribution in [3.05, 3.63) is 34.5 Å². The van der Waals surface area contributed by atoms with Crippen molar-refractivity contribution in [3.63, 3.8) is 0 Å². The smallest absolute Gasteiger partial charge is 0.264 e. The third kappa shape index (κ3) is 2.09. The number of aromatic nitrogens is 1. The quantitative estimate of drug-likeness (QED) is 0.379. The second kappa shape index (κ2) is 3.32. The molecule has 0 radical (unpaired) electrons. The zero-order valence-corrected chi connectivity index (χ0v) is 6.15. The van der Waals surface area contributed by atoms with Gasteiger partial charge in [0.1, 0.15) is 0 Å². The zero-order valence-electron chi connectivity index (χ0n) is 6.15. The fourth-order valence-corrected chi connectivity index (χ4v) is 0.754. The molecule has 1 aromatic rings. The Morgan fingerprint density at radius 2 is 2.15 bits per heavy atom. The van der Waals surface area contributed by atoms with Crippen LogP contribution in [0.25, 0.3) is 10.4 Å². The Morgan fingerprint density at radius 3 is 2.69 bits per heavy atom. The first kappa shape index (κ1) is 9.34. The molecular weight excluding hydrogens is 185 g/mol. The van der Waals surface area contributed by atoms with E-state index in [0.717, 1.165) is 18.5 Å². The SMILES string of the molecule is [N-]=[N+]=Nc1cnccc1C(F)(F)F. The summed E-state index contributed by atoms with van der Waals surface area (Å²) >= 11 is 0.